The number of aromatic nitrogens is 2. The minimum Gasteiger partial charge on any atom is -0.444 e. The number of likely N-dealkylation sites (tertiary alicyclic amines) is 1. The van der Waals surface area contributed by atoms with Gasteiger partial charge in [-0.3, -0.25) is 4.68 Å². The lowest BCUT2D eigenvalue weighted by Crippen LogP contribution is -2.41. The second-order valence-electron chi connectivity index (χ2n) is 9.31. The van der Waals surface area contributed by atoms with Gasteiger partial charge in [-0.2, -0.15) is 5.10 Å². The molecule has 1 aromatic heterocycles. The van der Waals surface area contributed by atoms with E-state index < -0.39 is 42.2 Å². The van der Waals surface area contributed by atoms with E-state index in [0.29, 0.717) is 0 Å². The Morgan fingerprint density at radius 3 is 2.41 bits per heavy atom. The van der Waals surface area contributed by atoms with E-state index in [1.807, 2.05) is 27.7 Å². The monoisotopic (exact) mass is 381 g/mol. The lowest BCUT2D eigenvalue weighted by Gasteiger charge is -2.32. The molecule has 3 rings (SSSR count). The molecule has 150 valence electrons. The minimum atomic E-state index is -1.22. The van der Waals surface area contributed by atoms with Crippen LogP contribution in [0.1, 0.15) is 54.5 Å². The maximum atomic E-state index is 14.6. The summed E-state index contributed by atoms with van der Waals surface area (Å²) in [5.41, 5.74) is -0.792. The number of hydrogen-bond donors (Lipinski definition) is 0. The second-order valence-corrected chi connectivity index (χ2v) is 9.31. The van der Waals surface area contributed by atoms with Crippen molar-refractivity contribution in [3.63, 3.8) is 0 Å². The fourth-order valence-corrected chi connectivity index (χ4v) is 3.11. The van der Waals surface area contributed by atoms with Crippen LogP contribution in [0.5, 0.6) is 0 Å². The maximum Gasteiger partial charge on any atom is 0.498 e. The van der Waals surface area contributed by atoms with Crippen molar-refractivity contribution < 1.29 is 23.2 Å². The summed E-state index contributed by atoms with van der Waals surface area (Å²) >= 11 is 0. The van der Waals surface area contributed by atoms with Crippen LogP contribution in [0.15, 0.2) is 12.4 Å². The molecule has 9 heteroatoms. The van der Waals surface area contributed by atoms with Gasteiger partial charge in [-0.15, -0.1) is 0 Å². The minimum absolute atomic E-state index is 0.00867. The molecule has 0 aromatic carbocycles. The van der Waals surface area contributed by atoms with Crippen molar-refractivity contribution in [2.24, 2.45) is 0 Å². The van der Waals surface area contributed by atoms with E-state index in [-0.39, 0.29) is 13.1 Å². The zero-order chi connectivity index (χ0) is 20.2. The highest BCUT2D eigenvalue weighted by Gasteiger charge is 2.52. The summed E-state index contributed by atoms with van der Waals surface area (Å²) in [5.74, 6) is 0. The molecule has 0 radical (unpaired) electrons. The van der Waals surface area contributed by atoms with Crippen LogP contribution in [0.4, 0.5) is 9.18 Å². The van der Waals surface area contributed by atoms with Crippen molar-refractivity contribution in [2.45, 2.75) is 77.5 Å². The molecule has 1 amide bonds. The Kier molecular flexibility index (Phi) is 4.83. The molecule has 2 aliphatic rings. The molecular weight excluding hydrogens is 352 g/mol. The van der Waals surface area contributed by atoms with Crippen molar-refractivity contribution in [1.29, 1.82) is 0 Å². The molecule has 0 unspecified atom stereocenters. The van der Waals surface area contributed by atoms with Gasteiger partial charge in [0.25, 0.3) is 0 Å². The molecule has 0 spiro atoms. The van der Waals surface area contributed by atoms with Gasteiger partial charge in [0.15, 0.2) is 0 Å². The Morgan fingerprint density at radius 1 is 1.26 bits per heavy atom. The second kappa shape index (κ2) is 6.48. The molecule has 0 N–H and O–H groups in total. The van der Waals surface area contributed by atoms with Crippen molar-refractivity contribution >= 4 is 18.7 Å². The third-order valence-electron chi connectivity index (χ3n) is 5.36. The van der Waals surface area contributed by atoms with E-state index in [4.69, 9.17) is 14.0 Å². The summed E-state index contributed by atoms with van der Waals surface area (Å²) in [4.78, 5) is 13.6. The number of ether oxygens (including phenoxy) is 1. The molecule has 0 saturated carbocycles. The zero-order valence-electron chi connectivity index (χ0n) is 17.2. The summed E-state index contributed by atoms with van der Waals surface area (Å²) in [7, 11) is -0.551. The number of carbonyl (C=O) groups is 1. The first kappa shape index (κ1) is 20.1. The largest absolute Gasteiger partial charge is 0.498 e. The van der Waals surface area contributed by atoms with Crippen LogP contribution >= 0.6 is 0 Å². The molecule has 1 aromatic rings. The maximum absolute atomic E-state index is 14.6. The van der Waals surface area contributed by atoms with Gasteiger partial charge in [-0.1, -0.05) is 0 Å². The highest BCUT2D eigenvalue weighted by molar-refractivity contribution is 6.62. The standard InChI is InChI=1S/C18H29BFN3O4/c1-16(2,3)25-15(24)22-10-13(20)14(11-22)23-9-12(8-21-23)19-26-17(4,5)18(6,7)27-19/h8-9,13-14H,10-11H2,1-7H3/t13-,14+/m0/s1. The number of carbonyl (C=O) groups excluding carboxylic acids is 1. The Morgan fingerprint density at radius 2 is 1.85 bits per heavy atom. The molecule has 2 fully saturated rings. The highest BCUT2D eigenvalue weighted by atomic mass is 19.1. The normalized spacial score (nSPS) is 27.3. The van der Waals surface area contributed by atoms with Gasteiger partial charge in [-0.05, 0) is 48.5 Å². The molecule has 2 atom stereocenters. The topological polar surface area (TPSA) is 65.8 Å². The van der Waals surface area contributed by atoms with Crippen LogP contribution < -0.4 is 5.46 Å². The number of nitrogens with zero attached hydrogens (tertiary/aromatic N) is 3. The van der Waals surface area contributed by atoms with Crippen LogP contribution in [0.3, 0.4) is 0 Å². The summed E-state index contributed by atoms with van der Waals surface area (Å²) in [6, 6.07) is -0.561. The SMILES string of the molecule is CC(C)(C)OC(=O)N1C[C@@H](n2cc(B3OC(C)(C)C(C)(C)O3)cn2)[C@@H](F)C1. The third-order valence-corrected chi connectivity index (χ3v) is 5.36. The average molecular weight is 381 g/mol. The van der Waals surface area contributed by atoms with Crippen LogP contribution in [0.25, 0.3) is 0 Å². The van der Waals surface area contributed by atoms with Gasteiger partial charge >= 0.3 is 13.2 Å². The molecule has 0 aliphatic carbocycles. The van der Waals surface area contributed by atoms with Gasteiger partial charge in [0, 0.05) is 24.4 Å². The Balaban J connectivity index is 1.69. The molecule has 2 aliphatic heterocycles. The van der Waals surface area contributed by atoms with Gasteiger partial charge in [0.1, 0.15) is 17.8 Å². The molecule has 27 heavy (non-hydrogen) atoms. The van der Waals surface area contributed by atoms with Crippen LogP contribution in [0.2, 0.25) is 0 Å². The molecule has 2 saturated heterocycles. The fraction of sp³-hybridized carbons (Fsp3) is 0.778. The summed E-state index contributed by atoms with van der Waals surface area (Å²) < 4.78 is 33.5. The molecule has 3 heterocycles. The first-order valence-corrected chi connectivity index (χ1v) is 9.31. The third kappa shape index (κ3) is 3.99. The van der Waals surface area contributed by atoms with E-state index in [0.717, 1.165) is 5.46 Å². The predicted molar refractivity (Wildman–Crippen MR) is 99.7 cm³/mol. The number of halogens is 1. The quantitative estimate of drug-likeness (QED) is 0.736. The molecule has 0 bridgehead atoms. The summed E-state index contributed by atoms with van der Waals surface area (Å²) in [6.07, 6.45) is 1.64. The van der Waals surface area contributed by atoms with E-state index in [2.05, 4.69) is 5.10 Å². The van der Waals surface area contributed by atoms with Crippen molar-refractivity contribution in [2.75, 3.05) is 13.1 Å². The summed E-state index contributed by atoms with van der Waals surface area (Å²) in [5, 5.41) is 4.29. The number of rotatable bonds is 2. The average Bonchev–Trinajstić information content (AvgIpc) is 3.14. The van der Waals surface area contributed by atoms with Crippen LogP contribution in [-0.2, 0) is 14.0 Å². The van der Waals surface area contributed by atoms with Gasteiger partial charge < -0.3 is 18.9 Å². The van der Waals surface area contributed by atoms with Crippen LogP contribution in [0, 0.1) is 0 Å². The molecular formula is C18H29BFN3O4. The predicted octanol–water partition coefficient (Wildman–Crippen LogP) is 2.31. The van der Waals surface area contributed by atoms with Gasteiger partial charge in [0.05, 0.1) is 17.7 Å². The van der Waals surface area contributed by atoms with Crippen molar-refractivity contribution in [1.82, 2.24) is 14.7 Å². The van der Waals surface area contributed by atoms with E-state index in [1.54, 1.807) is 37.8 Å². The van der Waals surface area contributed by atoms with E-state index >= 15 is 0 Å². The smallest absolute Gasteiger partial charge is 0.444 e. The van der Waals surface area contributed by atoms with Crippen molar-refractivity contribution in [3.8, 4) is 0 Å². The highest BCUT2D eigenvalue weighted by Crippen LogP contribution is 2.36. The van der Waals surface area contributed by atoms with Crippen LogP contribution in [-0.4, -0.2) is 64.0 Å². The number of amides is 1. The zero-order valence-corrected chi connectivity index (χ0v) is 17.2. The van der Waals surface area contributed by atoms with E-state index in [9.17, 15) is 9.18 Å². The summed E-state index contributed by atoms with van der Waals surface area (Å²) in [6.45, 7) is 13.5. The molecule has 7 nitrogen and oxygen atoms in total. The lowest BCUT2D eigenvalue weighted by molar-refractivity contribution is 0.00578. The van der Waals surface area contributed by atoms with Gasteiger partial charge in [0.2, 0.25) is 0 Å². The fourth-order valence-electron chi connectivity index (χ4n) is 3.11. The van der Waals surface area contributed by atoms with Crippen molar-refractivity contribution in [3.05, 3.63) is 12.4 Å². The Hall–Kier alpha value is -1.61. The lowest BCUT2D eigenvalue weighted by atomic mass is 9.82. The first-order valence-electron chi connectivity index (χ1n) is 9.31. The Labute approximate surface area is 160 Å². The number of alkyl halides is 1. The first-order chi connectivity index (χ1) is 12.3. The van der Waals surface area contributed by atoms with Gasteiger partial charge in [-0.25, -0.2) is 9.18 Å². The van der Waals surface area contributed by atoms with E-state index in [1.165, 1.54) is 4.90 Å². The Bertz CT molecular complexity index is 700. The number of hydrogen-bond acceptors (Lipinski definition) is 5.